The van der Waals surface area contributed by atoms with Crippen molar-refractivity contribution in [2.75, 3.05) is 20.1 Å². The fourth-order valence-corrected chi connectivity index (χ4v) is 3.13. The zero-order valence-electron chi connectivity index (χ0n) is 14.3. The average molecular weight is 399 g/mol. The highest BCUT2D eigenvalue weighted by molar-refractivity contribution is 6.32. The second-order valence-corrected chi connectivity index (χ2v) is 6.49. The highest BCUT2D eigenvalue weighted by Crippen LogP contribution is 2.31. The van der Waals surface area contributed by atoms with Crippen LogP contribution in [0.1, 0.15) is 18.1 Å². The first kappa shape index (κ1) is 20.5. The van der Waals surface area contributed by atoms with Crippen LogP contribution in [-0.4, -0.2) is 37.0 Å². The summed E-state index contributed by atoms with van der Waals surface area (Å²) in [5, 5.41) is 3.39. The minimum absolute atomic E-state index is 0. The van der Waals surface area contributed by atoms with Gasteiger partial charge in [-0.2, -0.15) is 0 Å². The monoisotopic (exact) mass is 398 g/mol. The number of halogens is 3. The van der Waals surface area contributed by atoms with E-state index < -0.39 is 11.9 Å². The van der Waals surface area contributed by atoms with E-state index in [4.69, 9.17) is 16.3 Å². The summed E-state index contributed by atoms with van der Waals surface area (Å²) >= 11 is 6.07. The van der Waals surface area contributed by atoms with Gasteiger partial charge in [-0.1, -0.05) is 41.9 Å². The SMILES string of the molecule is CN(C(=O)C(Oc1ccc(F)cc1Cl)c1ccccc1)C1CCNC1.Cl. The van der Waals surface area contributed by atoms with Crippen molar-refractivity contribution < 1.29 is 13.9 Å². The van der Waals surface area contributed by atoms with E-state index in [2.05, 4.69) is 5.32 Å². The van der Waals surface area contributed by atoms with Crippen LogP contribution in [0.3, 0.4) is 0 Å². The number of benzene rings is 2. The van der Waals surface area contributed by atoms with Gasteiger partial charge in [0, 0.05) is 25.2 Å². The summed E-state index contributed by atoms with van der Waals surface area (Å²) in [6.45, 7) is 1.66. The molecule has 1 N–H and O–H groups in total. The van der Waals surface area contributed by atoms with Crippen molar-refractivity contribution in [3.05, 3.63) is 64.9 Å². The lowest BCUT2D eigenvalue weighted by Gasteiger charge is -2.29. The molecule has 2 unspecified atom stereocenters. The average Bonchev–Trinajstić information content (AvgIpc) is 3.15. The molecular formula is C19H21Cl2FN2O2. The Kier molecular flexibility index (Phi) is 7.26. The van der Waals surface area contributed by atoms with Crippen LogP contribution in [0.15, 0.2) is 48.5 Å². The second-order valence-electron chi connectivity index (χ2n) is 6.08. The van der Waals surface area contributed by atoms with E-state index in [0.717, 1.165) is 25.1 Å². The van der Waals surface area contributed by atoms with Crippen LogP contribution in [0.2, 0.25) is 5.02 Å². The number of amides is 1. The molecule has 26 heavy (non-hydrogen) atoms. The van der Waals surface area contributed by atoms with Gasteiger partial charge in [0.2, 0.25) is 6.10 Å². The first-order valence-electron chi connectivity index (χ1n) is 8.20. The van der Waals surface area contributed by atoms with Crippen molar-refractivity contribution in [2.45, 2.75) is 18.6 Å². The molecule has 0 bridgehead atoms. The van der Waals surface area contributed by atoms with Gasteiger partial charge in [-0.05, 0) is 31.2 Å². The van der Waals surface area contributed by atoms with Gasteiger partial charge in [-0.15, -0.1) is 12.4 Å². The molecule has 0 spiro atoms. The van der Waals surface area contributed by atoms with Crippen LogP contribution in [0.25, 0.3) is 0 Å². The van der Waals surface area contributed by atoms with Gasteiger partial charge in [0.05, 0.1) is 5.02 Å². The molecule has 0 aliphatic carbocycles. The summed E-state index contributed by atoms with van der Waals surface area (Å²) in [7, 11) is 1.78. The Labute approximate surface area is 163 Å². The molecule has 1 aliphatic heterocycles. The third-order valence-corrected chi connectivity index (χ3v) is 4.69. The third-order valence-electron chi connectivity index (χ3n) is 4.40. The van der Waals surface area contributed by atoms with Crippen LogP contribution in [0.4, 0.5) is 4.39 Å². The van der Waals surface area contributed by atoms with Gasteiger partial charge < -0.3 is 15.0 Å². The molecule has 0 saturated carbocycles. The lowest BCUT2D eigenvalue weighted by molar-refractivity contribution is -0.139. The molecule has 4 nitrogen and oxygen atoms in total. The molecule has 1 heterocycles. The quantitative estimate of drug-likeness (QED) is 0.831. The topological polar surface area (TPSA) is 41.6 Å². The summed E-state index contributed by atoms with van der Waals surface area (Å²) in [6, 6.07) is 13.3. The van der Waals surface area contributed by atoms with Crippen molar-refractivity contribution in [2.24, 2.45) is 0 Å². The lowest BCUT2D eigenvalue weighted by atomic mass is 10.1. The number of rotatable bonds is 5. The highest BCUT2D eigenvalue weighted by Gasteiger charge is 2.31. The Hall–Kier alpha value is -1.82. The molecule has 3 rings (SSSR count). The summed E-state index contributed by atoms with van der Waals surface area (Å²) in [4.78, 5) is 14.8. The van der Waals surface area contributed by atoms with E-state index in [0.29, 0.717) is 0 Å². The molecule has 0 radical (unpaired) electrons. The summed E-state index contributed by atoms with van der Waals surface area (Å²) in [5.41, 5.74) is 0.727. The molecule has 2 aromatic rings. The number of nitrogens with zero attached hydrogens (tertiary/aromatic N) is 1. The van der Waals surface area contributed by atoms with Crippen LogP contribution in [-0.2, 0) is 4.79 Å². The highest BCUT2D eigenvalue weighted by atomic mass is 35.5. The van der Waals surface area contributed by atoms with Gasteiger partial charge in [-0.25, -0.2) is 4.39 Å². The lowest BCUT2D eigenvalue weighted by Crippen LogP contribution is -2.42. The van der Waals surface area contributed by atoms with E-state index in [1.165, 1.54) is 18.2 Å². The van der Waals surface area contributed by atoms with Crippen LogP contribution in [0, 0.1) is 5.82 Å². The Morgan fingerprint density at radius 1 is 1.31 bits per heavy atom. The van der Waals surface area contributed by atoms with E-state index in [1.807, 2.05) is 30.3 Å². The summed E-state index contributed by atoms with van der Waals surface area (Å²) < 4.78 is 19.2. The largest absolute Gasteiger partial charge is 0.474 e. The molecule has 1 aliphatic rings. The fourth-order valence-electron chi connectivity index (χ4n) is 2.92. The number of carbonyl (C=O) groups is 1. The predicted octanol–water partition coefficient (Wildman–Crippen LogP) is 3.84. The van der Waals surface area contributed by atoms with E-state index in [-0.39, 0.29) is 35.1 Å². The minimum atomic E-state index is -0.838. The zero-order valence-corrected chi connectivity index (χ0v) is 15.9. The first-order valence-corrected chi connectivity index (χ1v) is 8.58. The minimum Gasteiger partial charge on any atom is -0.474 e. The fraction of sp³-hybridized carbons (Fsp3) is 0.316. The van der Waals surface area contributed by atoms with Gasteiger partial charge in [0.25, 0.3) is 5.91 Å². The van der Waals surface area contributed by atoms with E-state index >= 15 is 0 Å². The summed E-state index contributed by atoms with van der Waals surface area (Å²) in [5.74, 6) is -0.322. The zero-order chi connectivity index (χ0) is 17.8. The Bertz CT molecular complexity index is 740. The molecule has 1 amide bonds. The van der Waals surface area contributed by atoms with Gasteiger partial charge in [0.15, 0.2) is 0 Å². The Morgan fingerprint density at radius 3 is 2.65 bits per heavy atom. The van der Waals surface area contributed by atoms with E-state index in [1.54, 1.807) is 11.9 Å². The number of ether oxygens (including phenoxy) is 1. The Balaban J connectivity index is 0.00000243. The first-order chi connectivity index (χ1) is 12.1. The molecular weight excluding hydrogens is 378 g/mol. The van der Waals surface area contributed by atoms with Crippen LogP contribution < -0.4 is 10.1 Å². The van der Waals surface area contributed by atoms with Gasteiger partial charge in [0.1, 0.15) is 11.6 Å². The van der Waals surface area contributed by atoms with Gasteiger partial charge in [-0.3, -0.25) is 4.79 Å². The van der Waals surface area contributed by atoms with Gasteiger partial charge >= 0.3 is 0 Å². The Morgan fingerprint density at radius 2 is 2.04 bits per heavy atom. The van der Waals surface area contributed by atoms with Crippen molar-refractivity contribution in [1.29, 1.82) is 0 Å². The molecule has 2 atom stereocenters. The number of hydrogen-bond acceptors (Lipinski definition) is 3. The normalized spacial score (nSPS) is 17.3. The maximum absolute atomic E-state index is 13.3. The maximum atomic E-state index is 13.3. The summed E-state index contributed by atoms with van der Waals surface area (Å²) in [6.07, 6.45) is 0.0656. The number of hydrogen-bond donors (Lipinski definition) is 1. The van der Waals surface area contributed by atoms with Crippen molar-refractivity contribution in [3.63, 3.8) is 0 Å². The van der Waals surface area contributed by atoms with Crippen molar-refractivity contribution in [1.82, 2.24) is 10.2 Å². The molecule has 7 heteroatoms. The number of nitrogens with one attached hydrogen (secondary N) is 1. The smallest absolute Gasteiger partial charge is 0.268 e. The number of carbonyl (C=O) groups excluding carboxylic acids is 1. The second kappa shape index (κ2) is 9.21. The predicted molar refractivity (Wildman–Crippen MR) is 103 cm³/mol. The molecule has 1 saturated heterocycles. The van der Waals surface area contributed by atoms with E-state index in [9.17, 15) is 9.18 Å². The number of likely N-dealkylation sites (N-methyl/N-ethyl adjacent to an activating group) is 1. The standard InChI is InChI=1S/C19H20ClFN2O2.ClH/c1-23(15-9-10-22-12-15)19(24)18(13-5-3-2-4-6-13)25-17-8-7-14(21)11-16(17)20;/h2-8,11,15,18,22H,9-10,12H2,1H3;1H. The van der Waals surface area contributed by atoms with Crippen molar-refractivity contribution >= 4 is 29.9 Å². The maximum Gasteiger partial charge on any atom is 0.268 e. The molecule has 140 valence electrons. The third kappa shape index (κ3) is 4.67. The molecule has 0 aromatic heterocycles. The molecule has 2 aromatic carbocycles. The van der Waals surface area contributed by atoms with Crippen LogP contribution in [0.5, 0.6) is 5.75 Å². The van der Waals surface area contributed by atoms with Crippen LogP contribution >= 0.6 is 24.0 Å². The molecule has 1 fully saturated rings. The van der Waals surface area contributed by atoms with Crippen molar-refractivity contribution in [3.8, 4) is 5.75 Å².